The second-order valence-corrected chi connectivity index (χ2v) is 8.60. The summed E-state index contributed by atoms with van der Waals surface area (Å²) in [6.45, 7) is 4.37. The molecule has 1 amide bonds. The second kappa shape index (κ2) is 8.29. The largest absolute Gasteiger partial charge is 0.493 e. The molecule has 2 aliphatic heterocycles. The standard InChI is InChI=1S/C24H24N2O4S/c1-4-30-20-10-7-16(11-21(20)29-3)18-12-22(27)26-23(19(18)13-25)31-14-24(26,28)17-8-5-15(2)6-9-17/h5-11,18,28H,4,12,14H2,1-3H3/t18-,24-/m0/s1. The van der Waals surface area contributed by atoms with E-state index in [0.717, 1.165) is 11.1 Å². The Hall–Kier alpha value is -2.95. The number of ether oxygens (including phenoxy) is 2. The highest BCUT2D eigenvalue weighted by atomic mass is 32.2. The minimum atomic E-state index is -1.46. The van der Waals surface area contributed by atoms with E-state index < -0.39 is 11.6 Å². The lowest BCUT2D eigenvalue weighted by Crippen LogP contribution is -2.48. The summed E-state index contributed by atoms with van der Waals surface area (Å²) in [5, 5.41) is 22.0. The molecule has 0 bridgehead atoms. The number of aliphatic hydroxyl groups is 1. The third-order valence-corrected chi connectivity index (χ3v) is 6.94. The highest BCUT2D eigenvalue weighted by molar-refractivity contribution is 8.03. The Morgan fingerprint density at radius 2 is 2.00 bits per heavy atom. The molecule has 0 saturated carbocycles. The van der Waals surface area contributed by atoms with Gasteiger partial charge in [0.25, 0.3) is 0 Å². The fraction of sp³-hybridized carbons (Fsp3) is 0.333. The van der Waals surface area contributed by atoms with Crippen LogP contribution in [0, 0.1) is 18.3 Å². The number of carbonyl (C=O) groups excluding carboxylic acids is 1. The molecule has 7 heteroatoms. The molecule has 2 aromatic carbocycles. The van der Waals surface area contributed by atoms with Crippen LogP contribution in [0.15, 0.2) is 53.1 Å². The number of rotatable bonds is 5. The van der Waals surface area contributed by atoms with Gasteiger partial charge in [-0.05, 0) is 31.5 Å². The van der Waals surface area contributed by atoms with Gasteiger partial charge in [0.05, 0.1) is 36.1 Å². The summed E-state index contributed by atoms with van der Waals surface area (Å²) in [5.74, 6) is 0.849. The maximum Gasteiger partial charge on any atom is 0.231 e. The number of thioether (sulfide) groups is 1. The van der Waals surface area contributed by atoms with E-state index in [1.54, 1.807) is 13.2 Å². The first-order chi connectivity index (χ1) is 14.9. The van der Waals surface area contributed by atoms with Crippen LogP contribution in [0.2, 0.25) is 0 Å². The Morgan fingerprint density at radius 1 is 1.26 bits per heavy atom. The van der Waals surface area contributed by atoms with Gasteiger partial charge in [0.1, 0.15) is 0 Å². The van der Waals surface area contributed by atoms with E-state index in [9.17, 15) is 15.2 Å². The molecule has 0 radical (unpaired) electrons. The predicted molar refractivity (Wildman–Crippen MR) is 119 cm³/mol. The zero-order chi connectivity index (χ0) is 22.2. The molecule has 1 N–H and O–H groups in total. The van der Waals surface area contributed by atoms with E-state index in [1.807, 2.05) is 50.2 Å². The SMILES string of the molecule is CCOc1ccc([C@@H]2CC(=O)N3C(=C2C#N)SC[C@]3(O)c2ccc(C)cc2)cc1OC. The number of carbonyl (C=O) groups is 1. The first-order valence-corrected chi connectivity index (χ1v) is 11.1. The smallest absolute Gasteiger partial charge is 0.231 e. The number of nitrogens with zero attached hydrogens (tertiary/aromatic N) is 2. The van der Waals surface area contributed by atoms with Gasteiger partial charge >= 0.3 is 0 Å². The highest BCUT2D eigenvalue weighted by Gasteiger charge is 2.51. The van der Waals surface area contributed by atoms with E-state index in [-0.39, 0.29) is 18.1 Å². The summed E-state index contributed by atoms with van der Waals surface area (Å²) in [7, 11) is 1.56. The summed E-state index contributed by atoms with van der Waals surface area (Å²) < 4.78 is 11.0. The van der Waals surface area contributed by atoms with Crippen molar-refractivity contribution in [2.45, 2.75) is 31.9 Å². The van der Waals surface area contributed by atoms with Crippen molar-refractivity contribution >= 4 is 17.7 Å². The molecule has 2 heterocycles. The maximum absolute atomic E-state index is 13.3. The number of hydrogen-bond acceptors (Lipinski definition) is 6. The van der Waals surface area contributed by atoms with Crippen molar-refractivity contribution in [1.29, 1.82) is 5.26 Å². The monoisotopic (exact) mass is 436 g/mol. The van der Waals surface area contributed by atoms with Crippen LogP contribution in [-0.2, 0) is 10.5 Å². The van der Waals surface area contributed by atoms with Crippen LogP contribution in [0.25, 0.3) is 0 Å². The molecule has 1 fully saturated rings. The predicted octanol–water partition coefficient (Wildman–Crippen LogP) is 4.05. The lowest BCUT2D eigenvalue weighted by atomic mass is 9.85. The van der Waals surface area contributed by atoms with Crippen LogP contribution in [0.5, 0.6) is 11.5 Å². The van der Waals surface area contributed by atoms with Crippen molar-refractivity contribution < 1.29 is 19.4 Å². The highest BCUT2D eigenvalue weighted by Crippen LogP contribution is 2.52. The second-order valence-electron chi connectivity index (χ2n) is 7.63. The molecule has 0 spiro atoms. The third-order valence-electron chi connectivity index (χ3n) is 5.71. The van der Waals surface area contributed by atoms with Crippen LogP contribution in [-0.4, -0.2) is 35.4 Å². The third kappa shape index (κ3) is 3.56. The number of fused-ring (bicyclic) bond motifs is 1. The number of benzene rings is 2. The molecular formula is C24H24N2O4S. The van der Waals surface area contributed by atoms with Gasteiger partial charge in [-0.3, -0.25) is 9.69 Å². The summed E-state index contributed by atoms with van der Waals surface area (Å²) in [5.41, 5.74) is 1.55. The first kappa shape index (κ1) is 21.3. The number of allylic oxidation sites excluding steroid dienone is 1. The van der Waals surface area contributed by atoms with Crippen molar-refractivity contribution in [1.82, 2.24) is 4.90 Å². The summed E-state index contributed by atoms with van der Waals surface area (Å²) in [4.78, 5) is 14.7. The fourth-order valence-electron chi connectivity index (χ4n) is 4.12. The van der Waals surface area contributed by atoms with Crippen molar-refractivity contribution in [3.63, 3.8) is 0 Å². The molecule has 4 rings (SSSR count). The molecular weight excluding hydrogens is 412 g/mol. The van der Waals surface area contributed by atoms with Crippen LogP contribution < -0.4 is 9.47 Å². The van der Waals surface area contributed by atoms with Crippen molar-refractivity contribution in [3.05, 3.63) is 69.8 Å². The number of amides is 1. The van der Waals surface area contributed by atoms with Gasteiger partial charge in [-0.15, -0.1) is 11.8 Å². The summed E-state index contributed by atoms with van der Waals surface area (Å²) in [6.07, 6.45) is 0.0955. The van der Waals surface area contributed by atoms with E-state index in [4.69, 9.17) is 9.47 Å². The van der Waals surface area contributed by atoms with Gasteiger partial charge in [-0.1, -0.05) is 35.9 Å². The number of aryl methyl sites for hydroxylation is 1. The Bertz CT molecular complexity index is 1090. The normalized spacial score (nSPS) is 22.9. The van der Waals surface area contributed by atoms with Gasteiger partial charge in [-0.2, -0.15) is 5.26 Å². The molecule has 2 atom stereocenters. The Morgan fingerprint density at radius 3 is 2.65 bits per heavy atom. The molecule has 2 aliphatic rings. The van der Waals surface area contributed by atoms with Crippen LogP contribution in [0.3, 0.4) is 0 Å². The quantitative estimate of drug-likeness (QED) is 0.762. The Balaban J connectivity index is 1.76. The lowest BCUT2D eigenvalue weighted by Gasteiger charge is -2.38. The topological polar surface area (TPSA) is 82.8 Å². The lowest BCUT2D eigenvalue weighted by molar-refractivity contribution is -0.149. The van der Waals surface area contributed by atoms with Gasteiger partial charge in [0.2, 0.25) is 5.91 Å². The minimum absolute atomic E-state index is 0.0955. The van der Waals surface area contributed by atoms with Gasteiger partial charge in [0.15, 0.2) is 17.2 Å². The molecule has 1 saturated heterocycles. The molecule has 6 nitrogen and oxygen atoms in total. The van der Waals surface area contributed by atoms with Crippen molar-refractivity contribution in [2.24, 2.45) is 0 Å². The van der Waals surface area contributed by atoms with E-state index in [2.05, 4.69) is 6.07 Å². The first-order valence-electron chi connectivity index (χ1n) is 10.1. The molecule has 0 aliphatic carbocycles. The van der Waals surface area contributed by atoms with Gasteiger partial charge < -0.3 is 14.6 Å². The van der Waals surface area contributed by atoms with Gasteiger partial charge in [0, 0.05) is 17.9 Å². The van der Waals surface area contributed by atoms with Crippen LogP contribution in [0.1, 0.15) is 36.0 Å². The van der Waals surface area contributed by atoms with Gasteiger partial charge in [-0.25, -0.2) is 0 Å². The molecule has 31 heavy (non-hydrogen) atoms. The van der Waals surface area contributed by atoms with E-state index in [0.29, 0.717) is 34.3 Å². The van der Waals surface area contributed by atoms with E-state index in [1.165, 1.54) is 16.7 Å². The molecule has 0 unspecified atom stereocenters. The van der Waals surface area contributed by atoms with Crippen LogP contribution >= 0.6 is 11.8 Å². The van der Waals surface area contributed by atoms with Crippen LogP contribution in [0.4, 0.5) is 0 Å². The number of nitriles is 1. The minimum Gasteiger partial charge on any atom is -0.493 e. The summed E-state index contributed by atoms with van der Waals surface area (Å²) >= 11 is 1.34. The van der Waals surface area contributed by atoms with E-state index >= 15 is 0 Å². The molecule has 160 valence electrons. The Kier molecular flexibility index (Phi) is 5.69. The summed E-state index contributed by atoms with van der Waals surface area (Å²) in [6, 6.07) is 15.3. The number of hydrogen-bond donors (Lipinski definition) is 1. The average Bonchev–Trinajstić information content (AvgIpc) is 3.13. The average molecular weight is 437 g/mol. The molecule has 0 aromatic heterocycles. The zero-order valence-corrected chi connectivity index (χ0v) is 18.5. The fourth-order valence-corrected chi connectivity index (χ4v) is 5.48. The zero-order valence-electron chi connectivity index (χ0n) is 17.7. The molecule has 2 aromatic rings. The van der Waals surface area contributed by atoms with Crippen molar-refractivity contribution in [3.8, 4) is 17.6 Å². The van der Waals surface area contributed by atoms with Crippen molar-refractivity contribution in [2.75, 3.05) is 19.5 Å². The maximum atomic E-state index is 13.3. The Labute approximate surface area is 186 Å². The number of methoxy groups -OCH3 is 1.